The molecule has 0 saturated heterocycles. The first-order valence-corrected chi connectivity index (χ1v) is 16.8. The van der Waals surface area contributed by atoms with Gasteiger partial charge in [0, 0.05) is 61.5 Å². The molecule has 4 heteroatoms. The van der Waals surface area contributed by atoms with E-state index in [1.54, 1.807) is 0 Å². The smallest absolute Gasteiger partial charge is 0.137 e. The van der Waals surface area contributed by atoms with Gasteiger partial charge in [0.1, 0.15) is 33.5 Å². The third-order valence-corrected chi connectivity index (χ3v) is 10.1. The highest BCUT2D eigenvalue weighted by Crippen LogP contribution is 2.42. The first kappa shape index (κ1) is 27.2. The van der Waals surface area contributed by atoms with Gasteiger partial charge in [-0.25, -0.2) is 0 Å². The van der Waals surface area contributed by atoms with Gasteiger partial charge in [0.15, 0.2) is 0 Å². The lowest BCUT2D eigenvalue weighted by atomic mass is 9.98. The molecule has 0 saturated carbocycles. The van der Waals surface area contributed by atoms with Gasteiger partial charge in [0.05, 0.1) is 0 Å². The third-order valence-electron chi connectivity index (χ3n) is 10.1. The zero-order valence-electron chi connectivity index (χ0n) is 26.8. The second-order valence-corrected chi connectivity index (χ2v) is 12.9. The number of rotatable bonds is 4. The van der Waals surface area contributed by atoms with E-state index in [-0.39, 0.29) is 0 Å². The average Bonchev–Trinajstić information content (AvgIpc) is 3.86. The van der Waals surface area contributed by atoms with Crippen LogP contribution in [0.3, 0.4) is 0 Å². The molecule has 234 valence electrons. The minimum absolute atomic E-state index is 0.853. The molecule has 0 aliphatic carbocycles. The summed E-state index contributed by atoms with van der Waals surface area (Å²) in [7, 11) is 0. The van der Waals surface area contributed by atoms with Crippen molar-refractivity contribution in [1.29, 1.82) is 0 Å². The van der Waals surface area contributed by atoms with Crippen LogP contribution in [-0.4, -0.2) is 0 Å². The standard InChI is InChI=1S/C46H27NO3/c1-4-10-40-35(7-1)37-22-19-32(26-44(37)49-40)47(33-20-23-38-36-8-2-5-11-41(36)50-45(38)27-33)31-17-13-28(14-18-31)29-15-21-34-30(25-29)16-24-43-46(34)39-9-3-6-12-42(39)48-43/h1-27H. The Balaban J connectivity index is 1.04. The van der Waals surface area contributed by atoms with E-state index in [2.05, 4.69) is 132 Å². The quantitative estimate of drug-likeness (QED) is 0.192. The van der Waals surface area contributed by atoms with Crippen LogP contribution in [0.2, 0.25) is 0 Å². The first-order valence-electron chi connectivity index (χ1n) is 16.8. The molecule has 0 radical (unpaired) electrons. The second kappa shape index (κ2) is 10.4. The van der Waals surface area contributed by atoms with E-state index < -0.39 is 0 Å². The predicted octanol–water partition coefficient (Wildman–Crippen LogP) is 13.7. The minimum atomic E-state index is 0.853. The number of anilines is 3. The molecule has 11 aromatic rings. The molecule has 11 rings (SSSR count). The molecule has 0 atom stereocenters. The normalized spacial score (nSPS) is 12.0. The van der Waals surface area contributed by atoms with Gasteiger partial charge in [-0.3, -0.25) is 0 Å². The summed E-state index contributed by atoms with van der Waals surface area (Å²) in [5.41, 5.74) is 10.7. The highest BCUT2D eigenvalue weighted by molar-refractivity contribution is 6.19. The van der Waals surface area contributed by atoms with Crippen LogP contribution in [0.4, 0.5) is 17.1 Å². The fraction of sp³-hybridized carbons (Fsp3) is 0. The number of hydrogen-bond acceptors (Lipinski definition) is 4. The highest BCUT2D eigenvalue weighted by atomic mass is 16.3. The van der Waals surface area contributed by atoms with E-state index in [4.69, 9.17) is 13.3 Å². The minimum Gasteiger partial charge on any atom is -0.456 e. The summed E-state index contributed by atoms with van der Waals surface area (Å²) in [4.78, 5) is 2.27. The Kier molecular flexibility index (Phi) is 5.63. The molecule has 0 amide bonds. The molecule has 0 spiro atoms. The Morgan fingerprint density at radius 3 is 1.42 bits per heavy atom. The van der Waals surface area contributed by atoms with Crippen molar-refractivity contribution in [2.75, 3.05) is 4.90 Å². The second-order valence-electron chi connectivity index (χ2n) is 12.9. The van der Waals surface area contributed by atoms with Crippen molar-refractivity contribution in [2.24, 2.45) is 0 Å². The Hall–Kier alpha value is -6.78. The van der Waals surface area contributed by atoms with E-state index in [0.29, 0.717) is 0 Å². The van der Waals surface area contributed by atoms with Crippen LogP contribution in [0.5, 0.6) is 0 Å². The number of hydrogen-bond donors (Lipinski definition) is 0. The Morgan fingerprint density at radius 2 is 0.780 bits per heavy atom. The van der Waals surface area contributed by atoms with Crippen LogP contribution < -0.4 is 4.90 Å². The number of para-hydroxylation sites is 3. The van der Waals surface area contributed by atoms with Crippen molar-refractivity contribution in [3.8, 4) is 11.1 Å². The topological polar surface area (TPSA) is 42.7 Å². The molecule has 0 fully saturated rings. The summed E-state index contributed by atoms with van der Waals surface area (Å²) >= 11 is 0. The molecular weight excluding hydrogens is 615 g/mol. The SMILES string of the molecule is c1ccc2c(c1)oc1cc(N(c3ccc(-c4ccc5c(ccc6oc7ccccc7c65)c4)cc3)c3ccc4c(c3)oc3ccccc34)ccc12. The van der Waals surface area contributed by atoms with Crippen LogP contribution in [0.25, 0.3) is 87.7 Å². The monoisotopic (exact) mass is 641 g/mol. The van der Waals surface area contributed by atoms with E-state index in [9.17, 15) is 0 Å². The van der Waals surface area contributed by atoms with Crippen molar-refractivity contribution in [2.45, 2.75) is 0 Å². The lowest BCUT2D eigenvalue weighted by Crippen LogP contribution is -2.09. The van der Waals surface area contributed by atoms with Gasteiger partial charge < -0.3 is 18.2 Å². The fourth-order valence-electron chi connectivity index (χ4n) is 7.69. The summed E-state index contributed by atoms with van der Waals surface area (Å²) in [6.07, 6.45) is 0. The van der Waals surface area contributed by atoms with Gasteiger partial charge in [-0.15, -0.1) is 0 Å². The molecule has 3 heterocycles. The maximum absolute atomic E-state index is 6.33. The van der Waals surface area contributed by atoms with Crippen LogP contribution in [0, 0.1) is 0 Å². The summed E-state index contributed by atoms with van der Waals surface area (Å²) in [5, 5.41) is 9.13. The predicted molar refractivity (Wildman–Crippen MR) is 206 cm³/mol. The van der Waals surface area contributed by atoms with Crippen molar-refractivity contribution in [3.05, 3.63) is 164 Å². The molecule has 0 bridgehead atoms. The number of furan rings is 3. The van der Waals surface area contributed by atoms with Gasteiger partial charge in [-0.1, -0.05) is 84.9 Å². The van der Waals surface area contributed by atoms with E-state index in [1.165, 1.54) is 16.2 Å². The van der Waals surface area contributed by atoms with Crippen molar-refractivity contribution < 1.29 is 13.3 Å². The highest BCUT2D eigenvalue weighted by Gasteiger charge is 2.18. The molecular formula is C46H27NO3. The molecule has 0 aliphatic heterocycles. The lowest BCUT2D eigenvalue weighted by molar-refractivity contribution is 0.668. The van der Waals surface area contributed by atoms with Crippen molar-refractivity contribution in [3.63, 3.8) is 0 Å². The van der Waals surface area contributed by atoms with E-state index in [1.807, 2.05) is 36.4 Å². The Morgan fingerprint density at radius 1 is 0.300 bits per heavy atom. The Bertz CT molecular complexity index is 2990. The van der Waals surface area contributed by atoms with Crippen molar-refractivity contribution >= 4 is 93.7 Å². The number of fused-ring (bicyclic) bond motifs is 11. The third kappa shape index (κ3) is 4.06. The molecule has 3 aromatic heterocycles. The van der Waals surface area contributed by atoms with Gasteiger partial charge in [-0.2, -0.15) is 0 Å². The van der Waals surface area contributed by atoms with Gasteiger partial charge in [0.2, 0.25) is 0 Å². The zero-order chi connectivity index (χ0) is 32.8. The molecule has 0 aliphatic rings. The van der Waals surface area contributed by atoms with Crippen LogP contribution in [0.15, 0.2) is 177 Å². The van der Waals surface area contributed by atoms with Crippen LogP contribution in [0.1, 0.15) is 0 Å². The summed E-state index contributed by atoms with van der Waals surface area (Å²) in [6, 6.07) is 57.3. The zero-order valence-corrected chi connectivity index (χ0v) is 26.8. The van der Waals surface area contributed by atoms with Gasteiger partial charge in [0.25, 0.3) is 0 Å². The number of benzene rings is 8. The van der Waals surface area contributed by atoms with Crippen molar-refractivity contribution in [1.82, 2.24) is 0 Å². The maximum Gasteiger partial charge on any atom is 0.137 e. The molecule has 8 aromatic carbocycles. The largest absolute Gasteiger partial charge is 0.456 e. The molecule has 0 unspecified atom stereocenters. The molecule has 0 N–H and O–H groups in total. The van der Waals surface area contributed by atoms with E-state index >= 15 is 0 Å². The molecule has 50 heavy (non-hydrogen) atoms. The first-order chi connectivity index (χ1) is 24.7. The van der Waals surface area contributed by atoms with Crippen LogP contribution in [-0.2, 0) is 0 Å². The van der Waals surface area contributed by atoms with Gasteiger partial charge >= 0.3 is 0 Å². The number of nitrogens with zero attached hydrogens (tertiary/aromatic N) is 1. The van der Waals surface area contributed by atoms with Crippen LogP contribution >= 0.6 is 0 Å². The molecule has 4 nitrogen and oxygen atoms in total. The van der Waals surface area contributed by atoms with Gasteiger partial charge in [-0.05, 0) is 88.6 Å². The fourth-order valence-corrected chi connectivity index (χ4v) is 7.69. The average molecular weight is 642 g/mol. The summed E-state index contributed by atoms with van der Waals surface area (Å²) in [6.45, 7) is 0. The Labute approximate surface area is 286 Å². The maximum atomic E-state index is 6.33. The summed E-state index contributed by atoms with van der Waals surface area (Å²) in [5.74, 6) is 0. The summed E-state index contributed by atoms with van der Waals surface area (Å²) < 4.78 is 18.8. The van der Waals surface area contributed by atoms with E-state index in [0.717, 1.165) is 88.6 Å². The lowest BCUT2D eigenvalue weighted by Gasteiger charge is -2.25.